The number of fused-ring (bicyclic) bond motifs is 2. The van der Waals surface area contributed by atoms with Crippen LogP contribution in [-0.2, 0) is 11.8 Å². The van der Waals surface area contributed by atoms with Crippen LogP contribution in [0.15, 0.2) is 67.9 Å². The smallest absolute Gasteiger partial charge is 0.243 e. The average molecular weight is 508 g/mol. The van der Waals surface area contributed by atoms with Crippen LogP contribution >= 0.6 is 0 Å². The number of anilines is 3. The van der Waals surface area contributed by atoms with E-state index in [1.165, 1.54) is 12.4 Å². The highest BCUT2D eigenvalue weighted by Gasteiger charge is 2.29. The number of benzene rings is 2. The van der Waals surface area contributed by atoms with Crippen molar-refractivity contribution in [3.05, 3.63) is 73.5 Å². The zero-order chi connectivity index (χ0) is 26.2. The molecule has 6 rings (SSSR count). The van der Waals surface area contributed by atoms with Gasteiger partial charge in [0.2, 0.25) is 11.9 Å². The van der Waals surface area contributed by atoms with E-state index in [4.69, 9.17) is 9.72 Å². The van der Waals surface area contributed by atoms with E-state index in [9.17, 15) is 4.79 Å². The Kier molecular flexibility index (Phi) is 5.79. The Bertz CT molecular complexity index is 1690. The van der Waals surface area contributed by atoms with Gasteiger partial charge in [-0.15, -0.1) is 0 Å². The van der Waals surface area contributed by atoms with Gasteiger partial charge in [-0.05, 0) is 48.9 Å². The normalized spacial score (nSPS) is 13.4. The molecule has 0 unspecified atom stereocenters. The van der Waals surface area contributed by atoms with Gasteiger partial charge in [0.1, 0.15) is 28.9 Å². The van der Waals surface area contributed by atoms with E-state index in [-0.39, 0.29) is 11.9 Å². The van der Waals surface area contributed by atoms with Gasteiger partial charge in [0.15, 0.2) is 5.82 Å². The molecule has 2 N–H and O–H groups in total. The van der Waals surface area contributed by atoms with Crippen molar-refractivity contribution in [3.8, 4) is 11.5 Å². The molecule has 1 aliphatic rings. The van der Waals surface area contributed by atoms with Crippen LogP contribution in [0.25, 0.3) is 22.1 Å². The Labute approximate surface area is 218 Å². The minimum Gasteiger partial charge on any atom is -0.457 e. The highest BCUT2D eigenvalue weighted by atomic mass is 16.5. The first-order chi connectivity index (χ1) is 18.5. The third-order valence-corrected chi connectivity index (χ3v) is 6.42. The third kappa shape index (κ3) is 4.45. The lowest BCUT2D eigenvalue weighted by Crippen LogP contribution is -2.59. The van der Waals surface area contributed by atoms with Crippen molar-refractivity contribution in [1.82, 2.24) is 34.8 Å². The topological polar surface area (TPSA) is 123 Å². The van der Waals surface area contributed by atoms with Crippen molar-refractivity contribution >= 4 is 45.4 Å². The van der Waals surface area contributed by atoms with Gasteiger partial charge in [0, 0.05) is 31.9 Å². The predicted octanol–water partition coefficient (Wildman–Crippen LogP) is 3.64. The molecule has 3 aromatic heterocycles. The maximum Gasteiger partial charge on any atom is 0.243 e. The van der Waals surface area contributed by atoms with E-state index in [0.29, 0.717) is 35.9 Å². The van der Waals surface area contributed by atoms with E-state index >= 15 is 0 Å². The number of hydrogen-bond acceptors (Lipinski definition) is 9. The van der Waals surface area contributed by atoms with Crippen molar-refractivity contribution in [1.29, 1.82) is 0 Å². The minimum atomic E-state index is -0.185. The summed E-state index contributed by atoms with van der Waals surface area (Å²) in [5.74, 6) is 2.42. The molecule has 0 aliphatic carbocycles. The number of hydrogen-bond donors (Lipinski definition) is 2. The maximum atomic E-state index is 11.5. The molecule has 0 atom stereocenters. The Hall–Kier alpha value is -5.06. The number of ether oxygens (including phenoxy) is 1. The summed E-state index contributed by atoms with van der Waals surface area (Å²) in [5.41, 5.74) is 4.96. The molecule has 2 aromatic carbocycles. The number of amides is 1. The second-order valence-electron chi connectivity index (χ2n) is 9.15. The summed E-state index contributed by atoms with van der Waals surface area (Å²) in [7, 11) is 1.96. The van der Waals surface area contributed by atoms with Gasteiger partial charge >= 0.3 is 0 Å². The van der Waals surface area contributed by atoms with Crippen molar-refractivity contribution in [2.24, 2.45) is 7.05 Å². The van der Waals surface area contributed by atoms with Crippen LogP contribution < -0.4 is 20.3 Å². The summed E-state index contributed by atoms with van der Waals surface area (Å²) >= 11 is 0. The lowest BCUT2D eigenvalue weighted by atomic mass is 10.1. The van der Waals surface area contributed by atoms with Crippen LogP contribution in [-0.4, -0.2) is 54.5 Å². The zero-order valence-electron chi connectivity index (χ0n) is 20.9. The van der Waals surface area contributed by atoms with E-state index in [2.05, 4.69) is 37.1 Å². The van der Waals surface area contributed by atoms with Crippen LogP contribution in [0.1, 0.15) is 5.56 Å². The molecule has 11 nitrogen and oxygen atoms in total. The average Bonchev–Trinajstić information content (AvgIpc) is 3.27. The van der Waals surface area contributed by atoms with Gasteiger partial charge in [-0.1, -0.05) is 6.58 Å². The summed E-state index contributed by atoms with van der Waals surface area (Å²) in [4.78, 5) is 35.8. The van der Waals surface area contributed by atoms with Crippen LogP contribution in [0, 0.1) is 6.92 Å². The molecule has 190 valence electrons. The standard InChI is InChI=1S/C27H25N9O2/c1-4-24(37)32-18-12-36(13-18)27-28-11-21-25(34-27)26(30-14-29-21)33-17-5-8-23(16(2)9-17)38-19-6-7-22-20(10-19)31-15-35(22)3/h4-11,14-15,18H,1,12-13H2,2-3H3,(H,32,37)(H,29,30,33). The van der Waals surface area contributed by atoms with Crippen LogP contribution in [0.2, 0.25) is 0 Å². The first-order valence-electron chi connectivity index (χ1n) is 12.1. The zero-order valence-corrected chi connectivity index (χ0v) is 20.9. The molecule has 38 heavy (non-hydrogen) atoms. The van der Waals surface area contributed by atoms with Crippen molar-refractivity contribution in [2.75, 3.05) is 23.3 Å². The number of rotatable bonds is 7. The van der Waals surface area contributed by atoms with Gasteiger partial charge in [-0.25, -0.2) is 24.9 Å². The highest BCUT2D eigenvalue weighted by molar-refractivity contribution is 5.88. The molecule has 1 aliphatic heterocycles. The second-order valence-corrected chi connectivity index (χ2v) is 9.15. The number of aryl methyl sites for hydroxylation is 2. The fraction of sp³-hybridized carbons (Fsp3) is 0.185. The number of imidazole rings is 1. The molecule has 1 saturated heterocycles. The van der Waals surface area contributed by atoms with Crippen molar-refractivity contribution in [2.45, 2.75) is 13.0 Å². The molecule has 0 spiro atoms. The van der Waals surface area contributed by atoms with E-state index in [0.717, 1.165) is 33.8 Å². The Morgan fingerprint density at radius 1 is 1.11 bits per heavy atom. The van der Waals surface area contributed by atoms with Gasteiger partial charge in [-0.3, -0.25) is 4.79 Å². The summed E-state index contributed by atoms with van der Waals surface area (Å²) in [6.45, 7) is 6.72. The largest absolute Gasteiger partial charge is 0.457 e. The van der Waals surface area contributed by atoms with Crippen LogP contribution in [0.3, 0.4) is 0 Å². The molecule has 1 amide bonds. The summed E-state index contributed by atoms with van der Waals surface area (Å²) in [6.07, 6.45) is 6.22. The third-order valence-electron chi connectivity index (χ3n) is 6.42. The number of carbonyl (C=O) groups excluding carboxylic acids is 1. The SMILES string of the molecule is C=CC(=O)NC1CN(c2ncc3ncnc(Nc4ccc(Oc5ccc6c(c5)ncn6C)c(C)c4)c3n2)C1. The summed E-state index contributed by atoms with van der Waals surface area (Å²) in [6, 6.07) is 11.7. The van der Waals surface area contributed by atoms with Gasteiger partial charge < -0.3 is 24.8 Å². The number of nitrogens with one attached hydrogen (secondary N) is 2. The molecular weight excluding hydrogens is 482 g/mol. The first-order valence-corrected chi connectivity index (χ1v) is 12.1. The summed E-state index contributed by atoms with van der Waals surface area (Å²) in [5, 5.41) is 6.23. The van der Waals surface area contributed by atoms with E-state index < -0.39 is 0 Å². The lowest BCUT2D eigenvalue weighted by Gasteiger charge is -2.39. The molecule has 1 fully saturated rings. The Morgan fingerprint density at radius 2 is 1.97 bits per heavy atom. The van der Waals surface area contributed by atoms with E-state index in [1.54, 1.807) is 12.5 Å². The number of carbonyl (C=O) groups is 1. The molecular formula is C27H25N9O2. The molecule has 0 radical (unpaired) electrons. The molecule has 5 aromatic rings. The van der Waals surface area contributed by atoms with Crippen LogP contribution in [0.5, 0.6) is 11.5 Å². The van der Waals surface area contributed by atoms with Gasteiger partial charge in [0.05, 0.1) is 29.6 Å². The first kappa shape index (κ1) is 23.3. The summed E-state index contributed by atoms with van der Waals surface area (Å²) < 4.78 is 8.11. The molecule has 4 heterocycles. The maximum absolute atomic E-state index is 11.5. The number of aromatic nitrogens is 6. The Balaban J connectivity index is 1.19. The predicted molar refractivity (Wildman–Crippen MR) is 145 cm³/mol. The Morgan fingerprint density at radius 3 is 2.79 bits per heavy atom. The quantitative estimate of drug-likeness (QED) is 0.318. The van der Waals surface area contributed by atoms with Crippen molar-refractivity contribution in [3.63, 3.8) is 0 Å². The molecule has 11 heteroatoms. The van der Waals surface area contributed by atoms with E-state index in [1.807, 2.05) is 59.8 Å². The molecule has 0 bridgehead atoms. The fourth-order valence-corrected chi connectivity index (χ4v) is 4.37. The minimum absolute atomic E-state index is 0.0407. The van der Waals surface area contributed by atoms with Gasteiger partial charge in [0.25, 0.3) is 0 Å². The second kappa shape index (κ2) is 9.43. The highest BCUT2D eigenvalue weighted by Crippen LogP contribution is 2.31. The van der Waals surface area contributed by atoms with Gasteiger partial charge in [-0.2, -0.15) is 0 Å². The van der Waals surface area contributed by atoms with Crippen LogP contribution in [0.4, 0.5) is 17.5 Å². The number of nitrogens with zero attached hydrogens (tertiary/aromatic N) is 7. The molecule has 0 saturated carbocycles. The monoisotopic (exact) mass is 507 g/mol. The fourth-order valence-electron chi connectivity index (χ4n) is 4.37. The lowest BCUT2D eigenvalue weighted by molar-refractivity contribution is -0.117. The van der Waals surface area contributed by atoms with Crippen molar-refractivity contribution < 1.29 is 9.53 Å².